The lowest BCUT2D eigenvalue weighted by Crippen LogP contribution is -2.01. The Labute approximate surface area is 165 Å². The van der Waals surface area contributed by atoms with Gasteiger partial charge in [-0.3, -0.25) is 0 Å². The number of ether oxygens (including phenoxy) is 1. The van der Waals surface area contributed by atoms with Crippen molar-refractivity contribution in [2.45, 2.75) is 12.8 Å². The highest BCUT2D eigenvalue weighted by atomic mass is 32.1. The van der Waals surface area contributed by atoms with Crippen LogP contribution in [0.5, 0.6) is 5.75 Å². The molecule has 0 bridgehead atoms. The van der Waals surface area contributed by atoms with Crippen molar-refractivity contribution in [2.75, 3.05) is 12.4 Å². The molecule has 2 aromatic heterocycles. The minimum absolute atomic E-state index is 0.848. The van der Waals surface area contributed by atoms with Crippen LogP contribution in [0.4, 0.5) is 10.3 Å². The van der Waals surface area contributed by atoms with Crippen LogP contribution in [0.25, 0.3) is 22.5 Å². The molecule has 1 N–H and O–H groups in total. The second kappa shape index (κ2) is 6.79. The largest absolute Gasteiger partial charge is 0.497 e. The van der Waals surface area contributed by atoms with Crippen molar-refractivity contribution in [3.8, 4) is 28.3 Å². The molecule has 0 unspecified atom stereocenters. The van der Waals surface area contributed by atoms with E-state index in [-0.39, 0.29) is 0 Å². The molecular weight excluding hydrogens is 374 g/mol. The van der Waals surface area contributed by atoms with Gasteiger partial charge in [-0.15, -0.1) is 22.7 Å². The van der Waals surface area contributed by atoms with Gasteiger partial charge in [-0.2, -0.15) is 0 Å². The highest BCUT2D eigenvalue weighted by Crippen LogP contribution is 2.39. The highest BCUT2D eigenvalue weighted by molar-refractivity contribution is 7.17. The number of benzene rings is 2. The van der Waals surface area contributed by atoms with Gasteiger partial charge < -0.3 is 10.1 Å². The number of methoxy groups -OCH3 is 1. The third-order valence-electron chi connectivity index (χ3n) is 4.70. The van der Waals surface area contributed by atoms with Gasteiger partial charge in [0.05, 0.1) is 18.5 Å². The Bertz CT molecular complexity index is 1100. The molecule has 0 spiro atoms. The van der Waals surface area contributed by atoms with Gasteiger partial charge in [0.25, 0.3) is 0 Å². The van der Waals surface area contributed by atoms with E-state index >= 15 is 0 Å². The summed E-state index contributed by atoms with van der Waals surface area (Å²) < 4.78 is 5.22. The van der Waals surface area contributed by atoms with Crippen LogP contribution in [0.1, 0.15) is 10.4 Å². The molecule has 0 atom stereocenters. The molecule has 0 amide bonds. The van der Waals surface area contributed by atoms with Gasteiger partial charge in [0.1, 0.15) is 5.75 Å². The van der Waals surface area contributed by atoms with Gasteiger partial charge in [0, 0.05) is 21.4 Å². The van der Waals surface area contributed by atoms with Gasteiger partial charge >= 0.3 is 0 Å². The molecule has 4 aromatic rings. The van der Waals surface area contributed by atoms with Crippen LogP contribution >= 0.6 is 22.7 Å². The molecule has 1 aliphatic rings. The fourth-order valence-electron chi connectivity index (χ4n) is 3.32. The molecule has 0 radical (unpaired) electrons. The van der Waals surface area contributed by atoms with Crippen molar-refractivity contribution in [1.29, 1.82) is 0 Å². The number of aromatic nitrogens is 2. The first-order chi connectivity index (χ1) is 13.3. The van der Waals surface area contributed by atoms with Crippen LogP contribution in [-0.2, 0) is 12.8 Å². The number of anilines is 2. The topological polar surface area (TPSA) is 47.0 Å². The Balaban J connectivity index is 1.39. The third kappa shape index (κ3) is 3.11. The van der Waals surface area contributed by atoms with Crippen molar-refractivity contribution in [3.63, 3.8) is 0 Å². The molecule has 4 nitrogen and oxygen atoms in total. The molecule has 0 saturated heterocycles. The van der Waals surface area contributed by atoms with Gasteiger partial charge in [0.2, 0.25) is 0 Å². The van der Waals surface area contributed by atoms with E-state index in [0.717, 1.165) is 45.8 Å². The fraction of sp³-hybridized carbons (Fsp3) is 0.143. The Morgan fingerprint density at radius 3 is 2.67 bits per heavy atom. The van der Waals surface area contributed by atoms with Crippen LogP contribution in [-0.4, -0.2) is 17.1 Å². The Kier molecular flexibility index (Phi) is 4.14. The number of hydrogen-bond acceptors (Lipinski definition) is 6. The molecule has 1 aliphatic carbocycles. The van der Waals surface area contributed by atoms with E-state index in [1.165, 1.54) is 16.0 Å². The van der Waals surface area contributed by atoms with Crippen molar-refractivity contribution in [2.24, 2.45) is 0 Å². The second-order valence-corrected chi connectivity index (χ2v) is 8.28. The summed E-state index contributed by atoms with van der Waals surface area (Å²) >= 11 is 3.33. The summed E-state index contributed by atoms with van der Waals surface area (Å²) in [7, 11) is 1.67. The van der Waals surface area contributed by atoms with Gasteiger partial charge in [-0.25, -0.2) is 9.97 Å². The van der Waals surface area contributed by atoms with E-state index in [9.17, 15) is 0 Å². The van der Waals surface area contributed by atoms with Gasteiger partial charge in [-0.1, -0.05) is 24.3 Å². The van der Waals surface area contributed by atoms with E-state index < -0.39 is 0 Å². The summed E-state index contributed by atoms with van der Waals surface area (Å²) in [5, 5.41) is 7.23. The maximum absolute atomic E-state index is 5.22. The zero-order valence-corrected chi connectivity index (χ0v) is 16.4. The molecule has 0 aliphatic heterocycles. The van der Waals surface area contributed by atoms with Crippen molar-refractivity contribution >= 4 is 32.9 Å². The van der Waals surface area contributed by atoms with E-state index in [4.69, 9.17) is 14.7 Å². The van der Waals surface area contributed by atoms with Gasteiger partial charge in [-0.05, 0) is 42.7 Å². The van der Waals surface area contributed by atoms with Crippen molar-refractivity contribution < 1.29 is 4.74 Å². The fourth-order valence-corrected chi connectivity index (χ4v) is 5.08. The van der Waals surface area contributed by atoms with Crippen molar-refractivity contribution in [3.05, 3.63) is 64.4 Å². The van der Waals surface area contributed by atoms with E-state index in [0.29, 0.717) is 0 Å². The lowest BCUT2D eigenvalue weighted by molar-refractivity contribution is 0.415. The lowest BCUT2D eigenvalue weighted by Gasteiger charge is -2.13. The first-order valence-corrected chi connectivity index (χ1v) is 10.4. The quantitative estimate of drug-likeness (QED) is 0.479. The molecule has 5 rings (SSSR count). The maximum Gasteiger partial charge on any atom is 0.189 e. The van der Waals surface area contributed by atoms with Gasteiger partial charge in [0.15, 0.2) is 10.3 Å². The second-order valence-electron chi connectivity index (χ2n) is 6.34. The zero-order chi connectivity index (χ0) is 18.2. The smallest absolute Gasteiger partial charge is 0.189 e. The summed E-state index contributed by atoms with van der Waals surface area (Å²) in [5.74, 6) is 0.848. The molecule has 0 saturated carbocycles. The number of thiazole rings is 2. The van der Waals surface area contributed by atoms with Crippen LogP contribution in [0.15, 0.2) is 53.9 Å². The molecular formula is C21H17N3OS2. The lowest BCUT2D eigenvalue weighted by atomic mass is 9.94. The molecule has 6 heteroatoms. The van der Waals surface area contributed by atoms with Crippen LogP contribution in [0.3, 0.4) is 0 Å². The average molecular weight is 392 g/mol. The predicted octanol–water partition coefficient (Wildman–Crippen LogP) is 5.78. The van der Waals surface area contributed by atoms with E-state index in [1.807, 2.05) is 24.3 Å². The number of hydrogen-bond donors (Lipinski definition) is 1. The molecule has 2 heterocycles. The van der Waals surface area contributed by atoms with Crippen LogP contribution < -0.4 is 10.1 Å². The SMILES string of the molecule is COc1ccc(-c2csc(Nc3nc4c(s3)CCc3ccccc3-4)n2)cc1. The monoisotopic (exact) mass is 391 g/mol. The highest BCUT2D eigenvalue weighted by Gasteiger charge is 2.20. The van der Waals surface area contributed by atoms with Crippen LogP contribution in [0.2, 0.25) is 0 Å². The number of rotatable bonds is 4. The zero-order valence-electron chi connectivity index (χ0n) is 14.7. The van der Waals surface area contributed by atoms with Crippen molar-refractivity contribution in [1.82, 2.24) is 9.97 Å². The molecule has 0 fully saturated rings. The third-order valence-corrected chi connectivity index (χ3v) is 6.48. The summed E-state index contributed by atoms with van der Waals surface area (Å²) in [5.41, 5.74) is 5.81. The first-order valence-electron chi connectivity index (χ1n) is 8.75. The minimum atomic E-state index is 0.848. The minimum Gasteiger partial charge on any atom is -0.497 e. The standard InChI is InChI=1S/C21H17N3OS2/c1-25-15-9-6-14(7-10-15)17-12-26-20(22-17)24-21-23-19-16-5-3-2-4-13(16)8-11-18(19)27-21/h2-7,9-10,12H,8,11H2,1H3,(H,22,23,24). The molecule has 134 valence electrons. The average Bonchev–Trinajstić information content (AvgIpc) is 3.35. The molecule has 2 aromatic carbocycles. The van der Waals surface area contributed by atoms with E-state index in [1.54, 1.807) is 29.8 Å². The Morgan fingerprint density at radius 1 is 0.963 bits per heavy atom. The summed E-state index contributed by atoms with van der Waals surface area (Å²) in [4.78, 5) is 10.9. The number of aryl methyl sites for hydroxylation is 2. The summed E-state index contributed by atoms with van der Waals surface area (Å²) in [6.45, 7) is 0. The normalized spacial score (nSPS) is 12.3. The Morgan fingerprint density at radius 2 is 1.81 bits per heavy atom. The Hall–Kier alpha value is -2.70. The number of nitrogens with one attached hydrogen (secondary N) is 1. The predicted molar refractivity (Wildman–Crippen MR) is 112 cm³/mol. The van der Waals surface area contributed by atoms with Crippen LogP contribution in [0, 0.1) is 0 Å². The van der Waals surface area contributed by atoms with E-state index in [2.05, 4.69) is 35.0 Å². The number of nitrogens with zero attached hydrogens (tertiary/aromatic N) is 2. The summed E-state index contributed by atoms with van der Waals surface area (Å²) in [6.07, 6.45) is 2.14. The maximum atomic E-state index is 5.22. The first kappa shape index (κ1) is 16.5. The summed E-state index contributed by atoms with van der Waals surface area (Å²) in [6, 6.07) is 16.5. The number of fused-ring (bicyclic) bond motifs is 3. The molecule has 27 heavy (non-hydrogen) atoms.